The number of hydrogen-bond donors (Lipinski definition) is 1. The van der Waals surface area contributed by atoms with Crippen molar-refractivity contribution in [3.63, 3.8) is 0 Å². The highest BCUT2D eigenvalue weighted by Crippen LogP contribution is 2.29. The highest BCUT2D eigenvalue weighted by atomic mass is 16.5. The predicted octanol–water partition coefficient (Wildman–Crippen LogP) is 3.54. The lowest BCUT2D eigenvalue weighted by Gasteiger charge is -2.31. The molecule has 4 aromatic rings. The summed E-state index contributed by atoms with van der Waals surface area (Å²) in [4.78, 5) is 45.2. The molecule has 13 heteroatoms. The van der Waals surface area contributed by atoms with Gasteiger partial charge in [0.15, 0.2) is 12.1 Å². The van der Waals surface area contributed by atoms with Crippen molar-refractivity contribution in [2.24, 2.45) is 0 Å². The number of oxazole rings is 1. The second-order valence-corrected chi connectivity index (χ2v) is 9.65. The van der Waals surface area contributed by atoms with E-state index in [1.807, 2.05) is 6.07 Å². The van der Waals surface area contributed by atoms with Crippen LogP contribution in [0.1, 0.15) is 39.3 Å². The number of hydrogen-bond acceptors (Lipinski definition) is 11. The summed E-state index contributed by atoms with van der Waals surface area (Å²) in [5.41, 5.74) is 2.27. The molecule has 1 aliphatic heterocycles. The van der Waals surface area contributed by atoms with Gasteiger partial charge in [0.05, 0.1) is 18.4 Å². The van der Waals surface area contributed by atoms with E-state index in [1.165, 1.54) is 24.7 Å². The Bertz CT molecular complexity index is 1630. The molecule has 0 bridgehead atoms. The fourth-order valence-corrected chi connectivity index (χ4v) is 4.48. The zero-order chi connectivity index (χ0) is 29.6. The molecule has 0 unspecified atom stereocenters. The average Bonchev–Trinajstić information content (AvgIpc) is 3.56. The number of piperidine rings is 1. The van der Waals surface area contributed by atoms with Crippen LogP contribution in [0.3, 0.4) is 0 Å². The number of methoxy groups -OCH3 is 1. The summed E-state index contributed by atoms with van der Waals surface area (Å²) < 4.78 is 16.4. The molecule has 1 saturated heterocycles. The van der Waals surface area contributed by atoms with Gasteiger partial charge in [0.1, 0.15) is 35.6 Å². The zero-order valence-electron chi connectivity index (χ0n) is 23.3. The Hall–Kier alpha value is -5.51. The molecule has 0 radical (unpaired) electrons. The van der Waals surface area contributed by atoms with E-state index in [1.54, 1.807) is 55.5 Å². The third kappa shape index (κ3) is 6.12. The molecule has 1 fully saturated rings. The second-order valence-electron chi connectivity index (χ2n) is 9.65. The van der Waals surface area contributed by atoms with Gasteiger partial charge in [-0.25, -0.2) is 15.0 Å². The minimum Gasteiger partial charge on any atom is -0.489 e. The van der Waals surface area contributed by atoms with Gasteiger partial charge < -0.3 is 29.0 Å². The van der Waals surface area contributed by atoms with Gasteiger partial charge in [0, 0.05) is 51.8 Å². The van der Waals surface area contributed by atoms with Gasteiger partial charge in [-0.2, -0.15) is 10.2 Å². The maximum atomic E-state index is 12.5. The fraction of sp³-hybridized carbons (Fsp3) is 0.276. The van der Waals surface area contributed by atoms with E-state index >= 15 is 0 Å². The highest BCUT2D eigenvalue weighted by Gasteiger charge is 2.26. The van der Waals surface area contributed by atoms with Crippen LogP contribution in [-0.2, 0) is 0 Å². The first-order valence-electron chi connectivity index (χ1n) is 13.1. The van der Waals surface area contributed by atoms with Crippen LogP contribution in [0.15, 0.2) is 59.7 Å². The lowest BCUT2D eigenvalue weighted by molar-refractivity contribution is 0.0589. The van der Waals surface area contributed by atoms with Crippen LogP contribution < -0.4 is 14.8 Å². The number of anilines is 2. The second kappa shape index (κ2) is 12.3. The number of pyridine rings is 1. The number of nitriles is 1. The van der Waals surface area contributed by atoms with Crippen LogP contribution in [0.25, 0.3) is 11.3 Å². The quantitative estimate of drug-likeness (QED) is 0.331. The summed E-state index contributed by atoms with van der Waals surface area (Å²) >= 11 is 0. The molecule has 0 spiro atoms. The smallest absolute Gasteiger partial charge is 0.275 e. The molecule has 5 rings (SSSR count). The number of aromatic nitrogens is 4. The number of carbonyl (C=O) groups excluding carboxylic acids is 2. The van der Waals surface area contributed by atoms with Crippen LogP contribution in [0.2, 0.25) is 0 Å². The lowest BCUT2D eigenvalue weighted by atomic mass is 10.1. The van der Waals surface area contributed by atoms with Crippen molar-refractivity contribution in [3.05, 3.63) is 72.1 Å². The summed E-state index contributed by atoms with van der Waals surface area (Å²) in [6.45, 7) is 1.03. The van der Waals surface area contributed by atoms with E-state index in [-0.39, 0.29) is 35.4 Å². The molecule has 1 N–H and O–H groups in total. The van der Waals surface area contributed by atoms with Crippen LogP contribution in [0.4, 0.5) is 11.8 Å². The van der Waals surface area contributed by atoms with Crippen molar-refractivity contribution in [3.8, 4) is 29.0 Å². The molecule has 1 aromatic carbocycles. The standard InChI is InChI=1S/C29H28N8O5/c1-36(2)27(38)21-5-7-25(34-26(21)40-3)35-29-31-11-8-22(33-29)18-4-6-24(19(14-18)15-30)42-20-9-12-37(13-10-20)28(39)23-16-41-17-32-23/h4-8,11,14,16-17,20H,9-10,12-13H2,1-3H3,(H,31,33,34,35). The minimum atomic E-state index is -0.228. The first-order chi connectivity index (χ1) is 20.4. The van der Waals surface area contributed by atoms with Gasteiger partial charge >= 0.3 is 0 Å². The van der Waals surface area contributed by atoms with Crippen LogP contribution in [0, 0.1) is 11.3 Å². The number of carbonyl (C=O) groups is 2. The predicted molar refractivity (Wildman–Crippen MR) is 150 cm³/mol. The lowest BCUT2D eigenvalue weighted by Crippen LogP contribution is -2.42. The number of nitrogens with one attached hydrogen (secondary N) is 1. The summed E-state index contributed by atoms with van der Waals surface area (Å²) in [6.07, 6.45) is 5.28. The SMILES string of the molecule is COc1nc(Nc2nccc(-c3ccc(OC4CCN(C(=O)c5cocn5)CC4)c(C#N)c3)n2)ccc1C(=O)N(C)C. The molecule has 42 heavy (non-hydrogen) atoms. The van der Waals surface area contributed by atoms with Crippen molar-refractivity contribution in [2.75, 3.05) is 39.6 Å². The summed E-state index contributed by atoms with van der Waals surface area (Å²) in [5.74, 6) is 0.923. The van der Waals surface area contributed by atoms with Gasteiger partial charge in [-0.15, -0.1) is 0 Å². The maximum absolute atomic E-state index is 12.5. The van der Waals surface area contributed by atoms with E-state index in [9.17, 15) is 14.9 Å². The molecule has 0 aliphatic carbocycles. The van der Waals surface area contributed by atoms with Crippen LogP contribution in [-0.4, -0.2) is 81.9 Å². The molecule has 0 saturated carbocycles. The normalized spacial score (nSPS) is 13.2. The molecular formula is C29H28N8O5. The fourth-order valence-electron chi connectivity index (χ4n) is 4.48. The van der Waals surface area contributed by atoms with Crippen LogP contribution >= 0.6 is 0 Å². The van der Waals surface area contributed by atoms with Crippen LogP contribution in [0.5, 0.6) is 11.6 Å². The van der Waals surface area contributed by atoms with Crippen molar-refractivity contribution < 1.29 is 23.5 Å². The minimum absolute atomic E-state index is 0.136. The van der Waals surface area contributed by atoms with Crippen molar-refractivity contribution in [2.45, 2.75) is 18.9 Å². The molecule has 1 aliphatic rings. The van der Waals surface area contributed by atoms with E-state index in [0.29, 0.717) is 59.9 Å². The number of rotatable bonds is 8. The Balaban J connectivity index is 1.26. The Morgan fingerprint density at radius 3 is 2.62 bits per heavy atom. The van der Waals surface area contributed by atoms with Gasteiger partial charge in [-0.3, -0.25) is 9.59 Å². The Morgan fingerprint density at radius 2 is 1.93 bits per heavy atom. The van der Waals surface area contributed by atoms with Gasteiger partial charge in [0.2, 0.25) is 11.8 Å². The van der Waals surface area contributed by atoms with Gasteiger partial charge in [0.25, 0.3) is 11.8 Å². The van der Waals surface area contributed by atoms with Crippen molar-refractivity contribution in [1.29, 1.82) is 5.26 Å². The van der Waals surface area contributed by atoms with E-state index in [2.05, 4.69) is 31.3 Å². The van der Waals surface area contributed by atoms with Crippen molar-refractivity contribution >= 4 is 23.6 Å². The Morgan fingerprint density at radius 1 is 1.12 bits per heavy atom. The molecule has 214 valence electrons. The number of likely N-dealkylation sites (tertiary alicyclic amines) is 1. The van der Waals surface area contributed by atoms with E-state index < -0.39 is 0 Å². The number of benzene rings is 1. The van der Waals surface area contributed by atoms with Gasteiger partial charge in [-0.1, -0.05) is 0 Å². The first kappa shape index (κ1) is 28.0. The molecule has 3 aromatic heterocycles. The molecule has 13 nitrogen and oxygen atoms in total. The Kier molecular flexibility index (Phi) is 8.24. The average molecular weight is 569 g/mol. The van der Waals surface area contributed by atoms with E-state index in [0.717, 1.165) is 0 Å². The summed E-state index contributed by atoms with van der Waals surface area (Å²) in [5, 5.41) is 12.9. The third-order valence-corrected chi connectivity index (χ3v) is 6.66. The topological polar surface area (TPSA) is 160 Å². The van der Waals surface area contributed by atoms with Crippen molar-refractivity contribution in [1.82, 2.24) is 29.7 Å². The van der Waals surface area contributed by atoms with E-state index in [4.69, 9.17) is 13.9 Å². The molecule has 4 heterocycles. The Labute approximate surface area is 241 Å². The monoisotopic (exact) mass is 568 g/mol. The highest BCUT2D eigenvalue weighted by molar-refractivity contribution is 5.96. The number of ether oxygens (including phenoxy) is 2. The zero-order valence-corrected chi connectivity index (χ0v) is 23.3. The number of nitrogens with zero attached hydrogens (tertiary/aromatic N) is 7. The summed E-state index contributed by atoms with van der Waals surface area (Å²) in [7, 11) is 4.75. The maximum Gasteiger partial charge on any atom is 0.275 e. The largest absolute Gasteiger partial charge is 0.489 e. The third-order valence-electron chi connectivity index (χ3n) is 6.66. The summed E-state index contributed by atoms with van der Waals surface area (Å²) in [6, 6.07) is 12.5. The molecule has 0 atom stereocenters. The molecular weight excluding hydrogens is 540 g/mol. The number of amides is 2. The molecule has 2 amide bonds. The first-order valence-corrected chi connectivity index (χ1v) is 13.1. The van der Waals surface area contributed by atoms with Gasteiger partial charge in [-0.05, 0) is 36.4 Å².